The van der Waals surface area contributed by atoms with E-state index in [1.54, 1.807) is 25.4 Å². The van der Waals surface area contributed by atoms with Gasteiger partial charge in [0, 0.05) is 50.3 Å². The van der Waals surface area contributed by atoms with Gasteiger partial charge in [0.1, 0.15) is 22.0 Å². The van der Waals surface area contributed by atoms with Crippen molar-refractivity contribution in [2.24, 2.45) is 0 Å². The number of benzene rings is 2. The highest BCUT2D eigenvalue weighted by Crippen LogP contribution is 2.38. The third-order valence-corrected chi connectivity index (χ3v) is 8.88. The fourth-order valence-corrected chi connectivity index (χ4v) is 5.69. The maximum atomic E-state index is 12.5. The van der Waals surface area contributed by atoms with Crippen molar-refractivity contribution in [2.45, 2.75) is 19.4 Å². The topological polar surface area (TPSA) is 129 Å². The summed E-state index contributed by atoms with van der Waals surface area (Å²) in [5, 5.41) is 6.67. The van der Waals surface area contributed by atoms with E-state index < -0.39 is 10.0 Å². The zero-order valence-electron chi connectivity index (χ0n) is 24.4. The van der Waals surface area contributed by atoms with E-state index in [-0.39, 0.29) is 16.8 Å². The van der Waals surface area contributed by atoms with Crippen LogP contribution in [0.5, 0.6) is 5.75 Å². The molecule has 2 N–H and O–H groups in total. The molecule has 1 aliphatic rings. The number of rotatable bonds is 9. The molecule has 0 spiro atoms. The van der Waals surface area contributed by atoms with Crippen molar-refractivity contribution >= 4 is 67.2 Å². The van der Waals surface area contributed by atoms with Crippen LogP contribution in [0.25, 0.3) is 11.0 Å². The van der Waals surface area contributed by atoms with Gasteiger partial charge in [0.15, 0.2) is 5.82 Å². The predicted octanol–water partition coefficient (Wildman–Crippen LogP) is 4.41. The van der Waals surface area contributed by atoms with Gasteiger partial charge in [-0.05, 0) is 51.2 Å². The summed E-state index contributed by atoms with van der Waals surface area (Å²) in [6.07, 6.45) is 6.76. The summed E-state index contributed by atoms with van der Waals surface area (Å²) in [4.78, 5) is 22.3. The Hall–Kier alpha value is -3.94. The van der Waals surface area contributed by atoms with Crippen molar-refractivity contribution in [3.63, 3.8) is 0 Å². The Bertz CT molecular complexity index is 1740. The van der Waals surface area contributed by atoms with Crippen molar-refractivity contribution < 1.29 is 13.2 Å². The highest BCUT2D eigenvalue weighted by molar-refractivity contribution is 7.92. The number of methoxy groups -OCH3 is 1. The van der Waals surface area contributed by atoms with Crippen molar-refractivity contribution in [3.8, 4) is 5.75 Å². The van der Waals surface area contributed by atoms with Gasteiger partial charge < -0.3 is 25.2 Å². The maximum Gasteiger partial charge on any atom is 0.232 e. The first-order valence-electron chi connectivity index (χ1n) is 13.3. The molecule has 2 aromatic carbocycles. The zero-order chi connectivity index (χ0) is 30.2. The first-order chi connectivity index (χ1) is 20.0. The van der Waals surface area contributed by atoms with Gasteiger partial charge in [-0.2, -0.15) is 4.98 Å². The lowest BCUT2D eigenvalue weighted by atomic mass is 10.1. The van der Waals surface area contributed by atoms with Crippen LogP contribution in [0.3, 0.4) is 0 Å². The van der Waals surface area contributed by atoms with E-state index in [1.807, 2.05) is 12.1 Å². The summed E-state index contributed by atoms with van der Waals surface area (Å²) >= 11 is 6.49. The third kappa shape index (κ3) is 5.98. The molecular weight excluding hydrogens is 578 g/mol. The van der Waals surface area contributed by atoms with Gasteiger partial charge in [0.2, 0.25) is 16.0 Å². The minimum atomic E-state index is -3.62. The van der Waals surface area contributed by atoms with Gasteiger partial charge in [-0.15, -0.1) is 0 Å². The van der Waals surface area contributed by atoms with Crippen LogP contribution in [0.15, 0.2) is 42.9 Å². The molecule has 1 saturated heterocycles. The fraction of sp³-hybridized carbons (Fsp3) is 0.357. The normalized spacial score (nSPS) is 15.3. The monoisotopic (exact) mass is 611 g/mol. The lowest BCUT2D eigenvalue weighted by Crippen LogP contribution is -2.31. The van der Waals surface area contributed by atoms with Crippen molar-refractivity contribution in [3.05, 3.63) is 53.4 Å². The first-order valence-corrected chi connectivity index (χ1v) is 15.5. The average Bonchev–Trinajstić information content (AvgIpc) is 3.44. The van der Waals surface area contributed by atoms with Crippen LogP contribution in [0.1, 0.15) is 12.0 Å². The number of aryl methyl sites for hydroxylation is 1. The molecule has 5 rings (SSSR count). The number of hydrogen-bond acceptors (Lipinski definition) is 11. The molecule has 0 saturated carbocycles. The molecular formula is C28H34ClN9O3S. The maximum absolute atomic E-state index is 12.5. The number of sulfonamides is 1. The second-order valence-corrected chi connectivity index (χ2v) is 12.9. The summed E-state index contributed by atoms with van der Waals surface area (Å²) in [6.45, 7) is 4.00. The van der Waals surface area contributed by atoms with E-state index in [0.717, 1.165) is 41.3 Å². The summed E-state index contributed by atoms with van der Waals surface area (Å²) in [5.74, 6) is 1.21. The minimum absolute atomic E-state index is 0.246. The molecule has 0 aliphatic carbocycles. The van der Waals surface area contributed by atoms with Gasteiger partial charge >= 0.3 is 0 Å². The van der Waals surface area contributed by atoms with Crippen LogP contribution in [0.2, 0.25) is 5.02 Å². The molecule has 1 aliphatic heterocycles. The van der Waals surface area contributed by atoms with Gasteiger partial charge in [-0.1, -0.05) is 11.6 Å². The highest BCUT2D eigenvalue weighted by Gasteiger charge is 2.26. The Labute approximate surface area is 250 Å². The van der Waals surface area contributed by atoms with Gasteiger partial charge in [0.05, 0.1) is 36.5 Å². The Morgan fingerprint density at radius 2 is 1.83 bits per heavy atom. The first kappa shape index (κ1) is 29.5. The Balaban J connectivity index is 1.46. The Morgan fingerprint density at radius 1 is 1.07 bits per heavy atom. The number of nitrogens with zero attached hydrogens (tertiary/aromatic N) is 7. The number of likely N-dealkylation sites (N-methyl/N-ethyl adjacent to an activating group) is 1. The lowest BCUT2D eigenvalue weighted by molar-refractivity contribution is 0.315. The number of aromatic nitrogens is 4. The van der Waals surface area contributed by atoms with E-state index in [1.165, 1.54) is 19.4 Å². The van der Waals surface area contributed by atoms with Crippen molar-refractivity contribution in [1.82, 2.24) is 24.8 Å². The van der Waals surface area contributed by atoms with Crippen LogP contribution < -0.4 is 24.6 Å². The van der Waals surface area contributed by atoms with E-state index in [2.05, 4.69) is 61.4 Å². The second-order valence-electron chi connectivity index (χ2n) is 10.4. The largest absolute Gasteiger partial charge is 0.494 e. The number of hydrogen-bond donors (Lipinski definition) is 2. The van der Waals surface area contributed by atoms with Crippen LogP contribution in [0, 0.1) is 6.92 Å². The van der Waals surface area contributed by atoms with Gasteiger partial charge in [0.25, 0.3) is 0 Å². The molecule has 12 nitrogen and oxygen atoms in total. The van der Waals surface area contributed by atoms with Crippen molar-refractivity contribution in [2.75, 3.05) is 67.4 Å². The predicted molar refractivity (Wildman–Crippen MR) is 168 cm³/mol. The third-order valence-electron chi connectivity index (χ3n) is 7.42. The van der Waals surface area contributed by atoms with Gasteiger partial charge in [-0.25, -0.2) is 13.4 Å². The molecule has 0 amide bonds. The zero-order valence-corrected chi connectivity index (χ0v) is 26.0. The molecule has 14 heteroatoms. The van der Waals surface area contributed by atoms with Gasteiger partial charge in [-0.3, -0.25) is 14.3 Å². The number of nitrogens with one attached hydrogen (secondary N) is 2. The standard InChI is InChI=1S/C28H34ClN9O3S/c1-17-13-22(24(41-5)14-23(17)38-12-9-18(16-38)36(2)3)34-28-32-15-19(29)27(35-28)33-21-8-7-20-25(31-11-10-30-20)26(21)37(4)42(6,39)40/h7-8,10-11,13-15,18H,9,12,16H2,1-6H3,(H2,32,33,34,35). The number of anilines is 6. The average molecular weight is 612 g/mol. The smallest absolute Gasteiger partial charge is 0.232 e. The molecule has 0 radical (unpaired) electrons. The van der Waals surface area contributed by atoms with E-state index >= 15 is 0 Å². The Kier molecular flexibility index (Phi) is 8.26. The second kappa shape index (κ2) is 11.7. The highest BCUT2D eigenvalue weighted by atomic mass is 35.5. The molecule has 2 aromatic heterocycles. The molecule has 4 aromatic rings. The molecule has 42 heavy (non-hydrogen) atoms. The van der Waals surface area contributed by atoms with E-state index in [4.69, 9.17) is 16.3 Å². The van der Waals surface area contributed by atoms with Crippen LogP contribution >= 0.6 is 11.6 Å². The van der Waals surface area contributed by atoms with Crippen LogP contribution in [0.4, 0.5) is 34.5 Å². The molecule has 1 atom stereocenters. The fourth-order valence-electron chi connectivity index (χ4n) is 5.04. The minimum Gasteiger partial charge on any atom is -0.494 e. The SMILES string of the molecule is COc1cc(N2CCC(N(C)C)C2)c(C)cc1Nc1ncc(Cl)c(Nc2ccc3nccnc3c2N(C)S(C)(=O)=O)n1. The molecule has 3 heterocycles. The van der Waals surface area contributed by atoms with Crippen molar-refractivity contribution in [1.29, 1.82) is 0 Å². The quantitative estimate of drug-likeness (QED) is 0.279. The lowest BCUT2D eigenvalue weighted by Gasteiger charge is -2.25. The summed E-state index contributed by atoms with van der Waals surface area (Å²) < 4.78 is 31.9. The van der Waals surface area contributed by atoms with E-state index in [0.29, 0.717) is 39.9 Å². The molecule has 1 unspecified atom stereocenters. The summed E-state index contributed by atoms with van der Waals surface area (Å²) in [7, 11) is 3.69. The number of halogens is 1. The summed E-state index contributed by atoms with van der Waals surface area (Å²) in [5.41, 5.74) is 4.63. The molecule has 1 fully saturated rings. The van der Waals surface area contributed by atoms with Crippen LogP contribution in [-0.2, 0) is 10.0 Å². The molecule has 222 valence electrons. The number of ether oxygens (including phenoxy) is 1. The van der Waals surface area contributed by atoms with Crippen LogP contribution in [-0.4, -0.2) is 86.9 Å². The number of fused-ring (bicyclic) bond motifs is 1. The molecule has 0 bridgehead atoms. The summed E-state index contributed by atoms with van der Waals surface area (Å²) in [6, 6.07) is 8.02. The van der Waals surface area contributed by atoms with E-state index in [9.17, 15) is 8.42 Å². The Morgan fingerprint density at radius 3 is 2.52 bits per heavy atom.